The lowest BCUT2D eigenvalue weighted by molar-refractivity contribution is -0.0674. The minimum absolute atomic E-state index is 0.248. The molecule has 1 saturated carbocycles. The molecule has 4 rings (SSSR count). The van der Waals surface area contributed by atoms with Gasteiger partial charge < -0.3 is 11.1 Å². The van der Waals surface area contributed by atoms with E-state index in [1.54, 1.807) is 12.3 Å². The number of amides is 1. The zero-order valence-electron chi connectivity index (χ0n) is 14.8. The molecule has 0 aliphatic heterocycles. The Morgan fingerprint density at radius 3 is 3.04 bits per heavy atom. The van der Waals surface area contributed by atoms with Gasteiger partial charge in [-0.25, -0.2) is 13.8 Å². The fourth-order valence-corrected chi connectivity index (χ4v) is 4.55. The molecular weight excluding hydrogens is 370 g/mol. The molecular formula is C19H20F2N4OS. The van der Waals surface area contributed by atoms with Crippen LogP contribution in [0.4, 0.5) is 8.78 Å². The van der Waals surface area contributed by atoms with Gasteiger partial charge in [0, 0.05) is 29.1 Å². The first-order chi connectivity index (χ1) is 12.9. The highest BCUT2D eigenvalue weighted by molar-refractivity contribution is 7.14. The predicted octanol–water partition coefficient (Wildman–Crippen LogP) is 3.62. The number of rotatable bonds is 3. The van der Waals surface area contributed by atoms with E-state index in [2.05, 4.69) is 10.3 Å². The number of hydrogen-bond acceptors (Lipinski definition) is 4. The van der Waals surface area contributed by atoms with Gasteiger partial charge in [-0.1, -0.05) is 6.07 Å². The predicted molar refractivity (Wildman–Crippen MR) is 101 cm³/mol. The number of aromatic nitrogens is 2. The summed E-state index contributed by atoms with van der Waals surface area (Å²) in [7, 11) is 0. The summed E-state index contributed by atoms with van der Waals surface area (Å²) in [6, 6.07) is 5.36. The summed E-state index contributed by atoms with van der Waals surface area (Å²) in [5.74, 6) is -3.49. The molecule has 1 aliphatic carbocycles. The SMILES string of the molecule is Cc1sc(C(=O)NC2[C@@H](N)CCCC2(F)F)cc1-c1cnc2ccccn12. The van der Waals surface area contributed by atoms with E-state index in [-0.39, 0.29) is 6.42 Å². The second-order valence-corrected chi connectivity index (χ2v) is 8.18. The summed E-state index contributed by atoms with van der Waals surface area (Å²) < 4.78 is 30.3. The summed E-state index contributed by atoms with van der Waals surface area (Å²) >= 11 is 1.28. The van der Waals surface area contributed by atoms with Gasteiger partial charge in [0.2, 0.25) is 0 Å². The number of aryl methyl sites for hydroxylation is 1. The Morgan fingerprint density at radius 2 is 2.26 bits per heavy atom. The highest BCUT2D eigenvalue weighted by Gasteiger charge is 2.46. The lowest BCUT2D eigenvalue weighted by Crippen LogP contribution is -2.59. The number of hydrogen-bond donors (Lipinski definition) is 2. The van der Waals surface area contributed by atoms with Crippen molar-refractivity contribution in [1.29, 1.82) is 0 Å². The van der Waals surface area contributed by atoms with Crippen LogP contribution in [0.3, 0.4) is 0 Å². The molecule has 27 heavy (non-hydrogen) atoms. The monoisotopic (exact) mass is 390 g/mol. The van der Waals surface area contributed by atoms with Gasteiger partial charge in [0.25, 0.3) is 11.8 Å². The smallest absolute Gasteiger partial charge is 0.269 e. The van der Waals surface area contributed by atoms with Crippen LogP contribution in [0.2, 0.25) is 0 Å². The zero-order valence-corrected chi connectivity index (χ0v) is 15.6. The van der Waals surface area contributed by atoms with Crippen LogP contribution in [-0.4, -0.2) is 33.3 Å². The molecule has 1 amide bonds. The quantitative estimate of drug-likeness (QED) is 0.718. The van der Waals surface area contributed by atoms with E-state index in [4.69, 9.17) is 5.73 Å². The Kier molecular flexibility index (Phi) is 4.47. The van der Waals surface area contributed by atoms with Crippen molar-refractivity contribution in [1.82, 2.24) is 14.7 Å². The first-order valence-electron chi connectivity index (χ1n) is 8.84. The molecule has 0 spiro atoms. The van der Waals surface area contributed by atoms with E-state index in [1.165, 1.54) is 11.3 Å². The van der Waals surface area contributed by atoms with E-state index < -0.39 is 23.9 Å². The average Bonchev–Trinajstić information content (AvgIpc) is 3.21. The highest BCUT2D eigenvalue weighted by Crippen LogP contribution is 2.35. The summed E-state index contributed by atoms with van der Waals surface area (Å²) in [5, 5.41) is 2.47. The number of pyridine rings is 1. The van der Waals surface area contributed by atoms with Crippen LogP contribution >= 0.6 is 11.3 Å². The number of nitrogens with one attached hydrogen (secondary N) is 1. The topological polar surface area (TPSA) is 72.4 Å². The Labute approximate surface area is 159 Å². The molecule has 3 aromatic heterocycles. The van der Waals surface area contributed by atoms with Crippen molar-refractivity contribution in [2.24, 2.45) is 5.73 Å². The molecule has 0 radical (unpaired) electrons. The van der Waals surface area contributed by atoms with Crippen molar-refractivity contribution >= 4 is 22.9 Å². The molecule has 5 nitrogen and oxygen atoms in total. The molecule has 3 aromatic rings. The van der Waals surface area contributed by atoms with Crippen molar-refractivity contribution in [3.05, 3.63) is 46.4 Å². The van der Waals surface area contributed by atoms with Crippen LogP contribution < -0.4 is 11.1 Å². The maximum atomic E-state index is 14.2. The van der Waals surface area contributed by atoms with Gasteiger partial charge in [-0.2, -0.15) is 0 Å². The molecule has 1 unspecified atom stereocenters. The lowest BCUT2D eigenvalue weighted by Gasteiger charge is -2.36. The van der Waals surface area contributed by atoms with Crippen molar-refractivity contribution < 1.29 is 13.6 Å². The van der Waals surface area contributed by atoms with Gasteiger partial charge >= 0.3 is 0 Å². The Morgan fingerprint density at radius 1 is 1.44 bits per heavy atom. The molecule has 0 bridgehead atoms. The van der Waals surface area contributed by atoms with Crippen LogP contribution in [-0.2, 0) is 0 Å². The van der Waals surface area contributed by atoms with Crippen LogP contribution in [0, 0.1) is 6.92 Å². The average molecular weight is 390 g/mol. The number of alkyl halides is 2. The summed E-state index contributed by atoms with van der Waals surface area (Å²) in [6.07, 6.45) is 4.25. The van der Waals surface area contributed by atoms with E-state index >= 15 is 0 Å². The molecule has 1 fully saturated rings. The standard InChI is InChI=1S/C19H20F2N4OS/c1-11-12(14-10-23-16-6-2-3-8-25(14)16)9-15(27-11)18(26)24-17-13(22)5-4-7-19(17,20)21/h2-3,6,8-10,13,17H,4-5,7,22H2,1H3,(H,24,26)/t13-,17?/m0/s1. The van der Waals surface area contributed by atoms with E-state index in [0.29, 0.717) is 17.7 Å². The Balaban J connectivity index is 1.62. The number of imidazole rings is 1. The fourth-order valence-electron chi connectivity index (χ4n) is 3.61. The molecule has 0 aromatic carbocycles. The Hall–Kier alpha value is -2.32. The van der Waals surface area contributed by atoms with E-state index in [0.717, 1.165) is 21.8 Å². The van der Waals surface area contributed by atoms with Crippen LogP contribution in [0.15, 0.2) is 36.7 Å². The van der Waals surface area contributed by atoms with E-state index in [9.17, 15) is 13.6 Å². The number of halogens is 2. The van der Waals surface area contributed by atoms with Crippen LogP contribution in [0.5, 0.6) is 0 Å². The molecule has 1 aliphatic rings. The van der Waals surface area contributed by atoms with Crippen molar-refractivity contribution in [2.45, 2.75) is 44.2 Å². The fraction of sp³-hybridized carbons (Fsp3) is 0.368. The van der Waals surface area contributed by atoms with Gasteiger partial charge in [-0.3, -0.25) is 9.20 Å². The first kappa shape index (κ1) is 18.1. The van der Waals surface area contributed by atoms with Crippen molar-refractivity contribution in [3.63, 3.8) is 0 Å². The van der Waals surface area contributed by atoms with Gasteiger partial charge in [0.1, 0.15) is 11.7 Å². The number of fused-ring (bicyclic) bond motifs is 1. The minimum Gasteiger partial charge on any atom is -0.341 e. The third-order valence-electron chi connectivity index (χ3n) is 5.05. The molecule has 3 N–H and O–H groups in total. The number of carbonyl (C=O) groups is 1. The lowest BCUT2D eigenvalue weighted by atomic mass is 9.87. The summed E-state index contributed by atoms with van der Waals surface area (Å²) in [4.78, 5) is 18.3. The third-order valence-corrected chi connectivity index (χ3v) is 6.10. The van der Waals surface area contributed by atoms with Crippen molar-refractivity contribution in [2.75, 3.05) is 0 Å². The molecule has 0 saturated heterocycles. The summed E-state index contributed by atoms with van der Waals surface area (Å²) in [5.41, 5.74) is 8.38. The number of nitrogens with zero attached hydrogens (tertiary/aromatic N) is 2. The molecule has 142 valence electrons. The van der Waals surface area contributed by atoms with Crippen LogP contribution in [0.25, 0.3) is 16.9 Å². The zero-order chi connectivity index (χ0) is 19.2. The molecule has 2 atom stereocenters. The maximum absolute atomic E-state index is 14.2. The van der Waals surface area contributed by atoms with E-state index in [1.807, 2.05) is 35.7 Å². The number of nitrogens with two attached hydrogens (primary N) is 1. The number of thiophene rings is 1. The van der Waals surface area contributed by atoms with Gasteiger partial charge in [-0.05, 0) is 38.0 Å². The minimum atomic E-state index is -2.98. The second kappa shape index (κ2) is 6.69. The van der Waals surface area contributed by atoms with Crippen molar-refractivity contribution in [3.8, 4) is 11.3 Å². The maximum Gasteiger partial charge on any atom is 0.269 e. The highest BCUT2D eigenvalue weighted by atomic mass is 32.1. The Bertz CT molecular complexity index is 997. The number of carbonyl (C=O) groups excluding carboxylic acids is 1. The largest absolute Gasteiger partial charge is 0.341 e. The normalized spacial score (nSPS) is 22.1. The van der Waals surface area contributed by atoms with Gasteiger partial charge in [0.05, 0.1) is 16.8 Å². The van der Waals surface area contributed by atoms with Crippen LogP contribution in [0.1, 0.15) is 33.8 Å². The second-order valence-electron chi connectivity index (χ2n) is 6.92. The van der Waals surface area contributed by atoms with Gasteiger partial charge in [-0.15, -0.1) is 11.3 Å². The third kappa shape index (κ3) is 3.23. The summed E-state index contributed by atoms with van der Waals surface area (Å²) in [6.45, 7) is 1.90. The van der Waals surface area contributed by atoms with Gasteiger partial charge in [0.15, 0.2) is 0 Å². The molecule has 3 heterocycles. The first-order valence-corrected chi connectivity index (χ1v) is 9.65. The molecule has 8 heteroatoms.